The maximum absolute atomic E-state index is 13.4. The largest absolute Gasteiger partial charge is 0.370 e. The predicted molar refractivity (Wildman–Crippen MR) is 133 cm³/mol. The van der Waals surface area contributed by atoms with Crippen molar-refractivity contribution >= 4 is 33.3 Å². The summed E-state index contributed by atoms with van der Waals surface area (Å²) >= 11 is 1.75. The molecule has 0 saturated carbocycles. The molecule has 0 aliphatic carbocycles. The Morgan fingerprint density at radius 2 is 1.53 bits per heavy atom. The molecule has 162 valence electrons. The number of carbonyl (C=O) groups excluding carboxylic acids is 1. The van der Waals surface area contributed by atoms with E-state index in [1.807, 2.05) is 59.5 Å². The van der Waals surface area contributed by atoms with E-state index < -0.39 is 0 Å². The van der Waals surface area contributed by atoms with Crippen molar-refractivity contribution in [3.05, 3.63) is 106 Å². The fourth-order valence-electron chi connectivity index (χ4n) is 3.66. The standard InChI is InChI=1S/C26H26N4OS/c1-18-22-9-5-6-10-23(22)32-24(18)17-30(25(31)21-7-3-2-4-8-21)16-20-13-11-19(12-14-20)15-29-26(27)28/h2-14H,15-17H2,1H3,(H4,27,28,29). The van der Waals surface area contributed by atoms with Crippen molar-refractivity contribution in [1.29, 1.82) is 0 Å². The minimum absolute atomic E-state index is 0.0204. The summed E-state index contributed by atoms with van der Waals surface area (Å²) in [5.74, 6) is 0.0967. The Bertz CT molecular complexity index is 1240. The van der Waals surface area contributed by atoms with Crippen LogP contribution >= 0.6 is 11.3 Å². The maximum atomic E-state index is 13.4. The Balaban J connectivity index is 1.61. The molecule has 5 nitrogen and oxygen atoms in total. The molecular formula is C26H26N4OS. The highest BCUT2D eigenvalue weighted by Crippen LogP contribution is 2.32. The maximum Gasteiger partial charge on any atom is 0.254 e. The van der Waals surface area contributed by atoms with Gasteiger partial charge in [0.05, 0.1) is 13.1 Å². The minimum Gasteiger partial charge on any atom is -0.370 e. The second-order valence-corrected chi connectivity index (χ2v) is 8.87. The van der Waals surface area contributed by atoms with Crippen LogP contribution in [0.1, 0.15) is 31.9 Å². The second-order valence-electron chi connectivity index (χ2n) is 7.73. The minimum atomic E-state index is 0.0204. The number of aliphatic imine (C=N–C) groups is 1. The first kappa shape index (κ1) is 21.6. The first-order valence-corrected chi connectivity index (χ1v) is 11.3. The highest BCUT2D eigenvalue weighted by molar-refractivity contribution is 7.19. The third-order valence-corrected chi connectivity index (χ3v) is 6.68. The molecule has 0 fully saturated rings. The van der Waals surface area contributed by atoms with E-state index in [2.05, 4.69) is 36.2 Å². The first-order valence-electron chi connectivity index (χ1n) is 10.5. The third kappa shape index (κ3) is 4.98. The van der Waals surface area contributed by atoms with E-state index in [4.69, 9.17) is 11.5 Å². The molecule has 0 unspecified atom stereocenters. The summed E-state index contributed by atoms with van der Waals surface area (Å²) in [7, 11) is 0. The zero-order valence-corrected chi connectivity index (χ0v) is 18.8. The molecule has 0 saturated heterocycles. The summed E-state index contributed by atoms with van der Waals surface area (Å²) in [4.78, 5) is 20.6. The number of fused-ring (bicyclic) bond motifs is 1. The Morgan fingerprint density at radius 1 is 0.875 bits per heavy atom. The summed E-state index contributed by atoms with van der Waals surface area (Å²) in [6, 6.07) is 25.9. The average Bonchev–Trinajstić information content (AvgIpc) is 3.13. The molecule has 4 N–H and O–H groups in total. The Labute approximate surface area is 192 Å². The SMILES string of the molecule is Cc1c(CN(Cc2ccc(CN=C(N)N)cc2)C(=O)c2ccccc2)sc2ccccc12. The highest BCUT2D eigenvalue weighted by Gasteiger charge is 2.19. The van der Waals surface area contributed by atoms with E-state index in [1.54, 1.807) is 11.3 Å². The summed E-state index contributed by atoms with van der Waals surface area (Å²) in [5.41, 5.74) is 14.8. The Hall–Kier alpha value is -3.64. The zero-order chi connectivity index (χ0) is 22.5. The number of rotatable bonds is 7. The van der Waals surface area contributed by atoms with Crippen LogP contribution < -0.4 is 11.5 Å². The van der Waals surface area contributed by atoms with Gasteiger partial charge in [0.1, 0.15) is 0 Å². The van der Waals surface area contributed by atoms with Gasteiger partial charge in [0.15, 0.2) is 5.96 Å². The molecule has 1 heterocycles. The number of benzene rings is 3. The lowest BCUT2D eigenvalue weighted by atomic mass is 10.1. The van der Waals surface area contributed by atoms with Crippen LogP contribution in [0.3, 0.4) is 0 Å². The first-order chi connectivity index (χ1) is 15.5. The lowest BCUT2D eigenvalue weighted by Crippen LogP contribution is -2.30. The number of thiophene rings is 1. The van der Waals surface area contributed by atoms with Gasteiger partial charge in [0.25, 0.3) is 5.91 Å². The van der Waals surface area contributed by atoms with Gasteiger partial charge in [-0.3, -0.25) is 4.79 Å². The van der Waals surface area contributed by atoms with Gasteiger partial charge in [0.2, 0.25) is 0 Å². The number of carbonyl (C=O) groups is 1. The highest BCUT2D eigenvalue weighted by atomic mass is 32.1. The molecule has 1 amide bonds. The molecule has 0 aliphatic rings. The van der Waals surface area contributed by atoms with Crippen molar-refractivity contribution < 1.29 is 4.79 Å². The summed E-state index contributed by atoms with van der Waals surface area (Å²) < 4.78 is 1.25. The smallest absolute Gasteiger partial charge is 0.254 e. The quantitative estimate of drug-likeness (QED) is 0.318. The van der Waals surface area contributed by atoms with Crippen molar-refractivity contribution in [2.75, 3.05) is 0 Å². The molecule has 0 spiro atoms. The molecule has 0 radical (unpaired) electrons. The third-order valence-electron chi connectivity index (χ3n) is 5.43. The Morgan fingerprint density at radius 3 is 2.22 bits per heavy atom. The topological polar surface area (TPSA) is 84.7 Å². The van der Waals surface area contributed by atoms with E-state index in [0.29, 0.717) is 25.2 Å². The molecule has 1 aromatic heterocycles. The van der Waals surface area contributed by atoms with Crippen molar-refractivity contribution in [1.82, 2.24) is 4.90 Å². The fraction of sp³-hybridized carbons (Fsp3) is 0.154. The molecule has 0 atom stereocenters. The van der Waals surface area contributed by atoms with E-state index >= 15 is 0 Å². The number of nitrogens with zero attached hydrogens (tertiary/aromatic N) is 2. The lowest BCUT2D eigenvalue weighted by molar-refractivity contribution is 0.0731. The van der Waals surface area contributed by atoms with Crippen LogP contribution in [0.15, 0.2) is 83.9 Å². The van der Waals surface area contributed by atoms with E-state index in [-0.39, 0.29) is 11.9 Å². The molecule has 32 heavy (non-hydrogen) atoms. The average molecular weight is 443 g/mol. The number of guanidine groups is 1. The van der Waals surface area contributed by atoms with Gasteiger partial charge in [-0.05, 0) is 47.2 Å². The van der Waals surface area contributed by atoms with Gasteiger partial charge < -0.3 is 16.4 Å². The lowest BCUT2D eigenvalue weighted by Gasteiger charge is -2.23. The number of amides is 1. The molecule has 0 aliphatic heterocycles. The predicted octanol–water partition coefficient (Wildman–Crippen LogP) is 4.83. The number of hydrogen-bond donors (Lipinski definition) is 2. The zero-order valence-electron chi connectivity index (χ0n) is 18.0. The number of nitrogens with two attached hydrogens (primary N) is 2. The van der Waals surface area contributed by atoms with Crippen LogP contribution in [-0.2, 0) is 19.6 Å². The second kappa shape index (κ2) is 9.66. The monoisotopic (exact) mass is 442 g/mol. The summed E-state index contributed by atoms with van der Waals surface area (Å²) in [6.07, 6.45) is 0. The van der Waals surface area contributed by atoms with Gasteiger partial charge in [0, 0.05) is 21.7 Å². The van der Waals surface area contributed by atoms with Crippen LogP contribution in [0.4, 0.5) is 0 Å². The summed E-state index contributed by atoms with van der Waals surface area (Å²) in [5, 5.41) is 1.25. The fourth-order valence-corrected chi connectivity index (χ4v) is 4.89. The number of hydrogen-bond acceptors (Lipinski definition) is 3. The van der Waals surface area contributed by atoms with Crippen molar-refractivity contribution in [3.8, 4) is 0 Å². The molecular weight excluding hydrogens is 416 g/mol. The molecule has 4 rings (SSSR count). The van der Waals surface area contributed by atoms with E-state index in [9.17, 15) is 4.79 Å². The van der Waals surface area contributed by atoms with Crippen molar-refractivity contribution in [3.63, 3.8) is 0 Å². The molecule has 4 aromatic rings. The molecule has 3 aromatic carbocycles. The van der Waals surface area contributed by atoms with Gasteiger partial charge in [-0.15, -0.1) is 11.3 Å². The van der Waals surface area contributed by atoms with Crippen LogP contribution in [-0.4, -0.2) is 16.8 Å². The molecule has 0 bridgehead atoms. The van der Waals surface area contributed by atoms with Gasteiger partial charge in [-0.2, -0.15) is 0 Å². The van der Waals surface area contributed by atoms with Gasteiger partial charge in [-0.1, -0.05) is 60.7 Å². The van der Waals surface area contributed by atoms with E-state index in [1.165, 1.54) is 20.5 Å². The normalized spacial score (nSPS) is 10.8. The van der Waals surface area contributed by atoms with E-state index in [0.717, 1.165) is 11.1 Å². The van der Waals surface area contributed by atoms with Crippen LogP contribution in [0.25, 0.3) is 10.1 Å². The van der Waals surface area contributed by atoms with Crippen LogP contribution in [0, 0.1) is 6.92 Å². The van der Waals surface area contributed by atoms with Gasteiger partial charge >= 0.3 is 0 Å². The van der Waals surface area contributed by atoms with Crippen molar-refractivity contribution in [2.45, 2.75) is 26.6 Å². The number of aryl methyl sites for hydroxylation is 1. The van der Waals surface area contributed by atoms with Crippen LogP contribution in [0.5, 0.6) is 0 Å². The summed E-state index contributed by atoms with van der Waals surface area (Å²) in [6.45, 7) is 3.66. The molecule has 6 heteroatoms. The van der Waals surface area contributed by atoms with Crippen molar-refractivity contribution in [2.24, 2.45) is 16.5 Å². The van der Waals surface area contributed by atoms with Gasteiger partial charge in [-0.25, -0.2) is 4.99 Å². The van der Waals surface area contributed by atoms with Crippen LogP contribution in [0.2, 0.25) is 0 Å². The Kier molecular flexibility index (Phi) is 6.52.